The summed E-state index contributed by atoms with van der Waals surface area (Å²) in [5.41, 5.74) is 1.81. The van der Waals surface area contributed by atoms with Crippen molar-refractivity contribution >= 4 is 23.0 Å². The maximum Gasteiger partial charge on any atom is 0.290 e. The zero-order valence-corrected chi connectivity index (χ0v) is 16.6. The first-order valence-corrected chi connectivity index (χ1v) is 9.66. The number of hydrogen-bond acceptors (Lipinski definition) is 4. The molecule has 2 heterocycles. The zero-order chi connectivity index (χ0) is 20.8. The van der Waals surface area contributed by atoms with Crippen LogP contribution in [-0.2, 0) is 0 Å². The van der Waals surface area contributed by atoms with Gasteiger partial charge in [0.25, 0.3) is 11.8 Å². The molecule has 2 amide bonds. The van der Waals surface area contributed by atoms with Crippen LogP contribution >= 0.6 is 0 Å². The number of nitriles is 1. The first kappa shape index (κ1) is 20.1. The van der Waals surface area contributed by atoms with Crippen molar-refractivity contribution in [1.82, 2.24) is 14.3 Å². The molecular formula is C22H23N5O2. The number of nitrogens with one attached hydrogen (secondary N) is 1. The summed E-state index contributed by atoms with van der Waals surface area (Å²) in [5.74, 6) is -0.366. The molecule has 1 aromatic carbocycles. The van der Waals surface area contributed by atoms with Gasteiger partial charge in [-0.1, -0.05) is 19.9 Å². The fourth-order valence-electron chi connectivity index (χ4n) is 3.17. The van der Waals surface area contributed by atoms with E-state index in [4.69, 9.17) is 5.26 Å². The molecule has 3 aromatic rings. The second kappa shape index (κ2) is 9.02. The number of benzene rings is 1. The van der Waals surface area contributed by atoms with Crippen molar-refractivity contribution in [3.63, 3.8) is 0 Å². The van der Waals surface area contributed by atoms with Crippen LogP contribution in [0, 0.1) is 11.3 Å². The number of aromatic nitrogens is 2. The summed E-state index contributed by atoms with van der Waals surface area (Å²) in [5, 5.41) is 11.7. The Morgan fingerprint density at radius 1 is 1.10 bits per heavy atom. The van der Waals surface area contributed by atoms with Crippen LogP contribution < -0.4 is 5.32 Å². The van der Waals surface area contributed by atoms with Crippen molar-refractivity contribution in [2.75, 3.05) is 18.4 Å². The summed E-state index contributed by atoms with van der Waals surface area (Å²) in [6.45, 7) is 5.33. The maximum absolute atomic E-state index is 13.1. The lowest BCUT2D eigenvalue weighted by molar-refractivity contribution is 0.0742. The summed E-state index contributed by atoms with van der Waals surface area (Å²) in [4.78, 5) is 32.1. The van der Waals surface area contributed by atoms with E-state index in [0.29, 0.717) is 29.9 Å². The SMILES string of the molecule is CCCN(CCC)C(=O)c1nc(C(=O)Nc2ccc(C#N)cc2)c2ccccn12. The Morgan fingerprint density at radius 3 is 2.41 bits per heavy atom. The molecule has 0 unspecified atom stereocenters. The van der Waals surface area contributed by atoms with Crippen LogP contribution in [0.1, 0.15) is 53.4 Å². The third-order valence-corrected chi connectivity index (χ3v) is 4.50. The number of fused-ring (bicyclic) bond motifs is 1. The number of amides is 2. The molecule has 2 aromatic heterocycles. The molecule has 0 bridgehead atoms. The van der Waals surface area contributed by atoms with Gasteiger partial charge in [-0.25, -0.2) is 4.98 Å². The van der Waals surface area contributed by atoms with E-state index in [1.54, 1.807) is 58.0 Å². The molecule has 7 nitrogen and oxygen atoms in total. The van der Waals surface area contributed by atoms with Gasteiger partial charge in [0.1, 0.15) is 0 Å². The van der Waals surface area contributed by atoms with Gasteiger partial charge in [-0.05, 0) is 49.2 Å². The van der Waals surface area contributed by atoms with E-state index in [1.807, 2.05) is 19.9 Å². The van der Waals surface area contributed by atoms with E-state index in [1.165, 1.54) is 0 Å². The summed E-state index contributed by atoms with van der Waals surface area (Å²) < 4.78 is 1.66. The van der Waals surface area contributed by atoms with Gasteiger partial charge in [-0.3, -0.25) is 14.0 Å². The maximum atomic E-state index is 13.1. The van der Waals surface area contributed by atoms with Crippen LogP contribution in [0.2, 0.25) is 0 Å². The summed E-state index contributed by atoms with van der Waals surface area (Å²) in [7, 11) is 0. The van der Waals surface area contributed by atoms with Crippen molar-refractivity contribution in [2.24, 2.45) is 0 Å². The lowest BCUT2D eigenvalue weighted by atomic mass is 10.2. The molecule has 0 saturated heterocycles. The predicted octanol–water partition coefficient (Wildman–Crippen LogP) is 3.72. The third-order valence-electron chi connectivity index (χ3n) is 4.50. The van der Waals surface area contributed by atoms with Crippen molar-refractivity contribution in [2.45, 2.75) is 26.7 Å². The van der Waals surface area contributed by atoms with Crippen molar-refractivity contribution in [3.8, 4) is 6.07 Å². The van der Waals surface area contributed by atoms with Gasteiger partial charge in [0.2, 0.25) is 5.82 Å². The molecule has 148 valence electrons. The molecule has 0 saturated carbocycles. The Kier molecular flexibility index (Phi) is 6.25. The Bertz CT molecular complexity index is 1060. The van der Waals surface area contributed by atoms with Gasteiger partial charge in [0.05, 0.1) is 17.1 Å². The highest BCUT2D eigenvalue weighted by Gasteiger charge is 2.24. The Balaban J connectivity index is 1.95. The van der Waals surface area contributed by atoms with Crippen LogP contribution in [0.5, 0.6) is 0 Å². The minimum Gasteiger partial charge on any atom is -0.336 e. The number of nitrogens with zero attached hydrogens (tertiary/aromatic N) is 4. The molecule has 0 atom stereocenters. The zero-order valence-electron chi connectivity index (χ0n) is 16.6. The van der Waals surface area contributed by atoms with E-state index in [2.05, 4.69) is 10.3 Å². The van der Waals surface area contributed by atoms with E-state index >= 15 is 0 Å². The molecule has 29 heavy (non-hydrogen) atoms. The smallest absolute Gasteiger partial charge is 0.290 e. The van der Waals surface area contributed by atoms with Crippen LogP contribution in [0.3, 0.4) is 0 Å². The fraction of sp³-hybridized carbons (Fsp3) is 0.273. The summed E-state index contributed by atoms with van der Waals surface area (Å²) in [6, 6.07) is 14.0. The van der Waals surface area contributed by atoms with Gasteiger partial charge in [0, 0.05) is 25.0 Å². The number of carbonyl (C=O) groups is 2. The van der Waals surface area contributed by atoms with Crippen molar-refractivity contribution in [3.05, 3.63) is 65.7 Å². The van der Waals surface area contributed by atoms with E-state index in [9.17, 15) is 9.59 Å². The average Bonchev–Trinajstić information content (AvgIpc) is 3.13. The second-order valence-electron chi connectivity index (χ2n) is 6.68. The Labute approximate surface area is 169 Å². The fourth-order valence-corrected chi connectivity index (χ4v) is 3.17. The number of rotatable bonds is 7. The highest BCUT2D eigenvalue weighted by molar-refractivity contribution is 6.09. The number of imidazole rings is 1. The molecule has 1 N–H and O–H groups in total. The number of pyridine rings is 1. The van der Waals surface area contributed by atoms with E-state index < -0.39 is 5.91 Å². The van der Waals surface area contributed by atoms with Gasteiger partial charge in [-0.2, -0.15) is 5.26 Å². The monoisotopic (exact) mass is 389 g/mol. The molecule has 0 aliphatic rings. The molecule has 0 aliphatic carbocycles. The van der Waals surface area contributed by atoms with Crippen LogP contribution in [0.4, 0.5) is 5.69 Å². The summed E-state index contributed by atoms with van der Waals surface area (Å²) >= 11 is 0. The average molecular weight is 389 g/mol. The molecule has 0 fully saturated rings. The highest BCUT2D eigenvalue weighted by Crippen LogP contribution is 2.18. The van der Waals surface area contributed by atoms with Gasteiger partial charge in [-0.15, -0.1) is 0 Å². The topological polar surface area (TPSA) is 90.5 Å². The van der Waals surface area contributed by atoms with Gasteiger partial charge >= 0.3 is 0 Å². The molecule has 0 aliphatic heterocycles. The van der Waals surface area contributed by atoms with E-state index in [-0.39, 0.29) is 17.4 Å². The first-order chi connectivity index (χ1) is 14.1. The minimum atomic E-state index is -0.407. The van der Waals surface area contributed by atoms with Crippen LogP contribution in [0.25, 0.3) is 5.52 Å². The standard InChI is InChI=1S/C22H23N5O2/c1-3-12-26(13-4-2)22(29)20-25-19(18-7-5-6-14-27(18)20)21(28)24-17-10-8-16(15-23)9-11-17/h5-11,14H,3-4,12-13H2,1-2H3,(H,24,28). The Hall–Kier alpha value is -3.66. The quantitative estimate of drug-likeness (QED) is 0.667. The van der Waals surface area contributed by atoms with Gasteiger partial charge in [0.15, 0.2) is 5.69 Å². The van der Waals surface area contributed by atoms with Crippen molar-refractivity contribution in [1.29, 1.82) is 5.26 Å². The van der Waals surface area contributed by atoms with Crippen LogP contribution in [-0.4, -0.2) is 39.2 Å². The predicted molar refractivity (Wildman–Crippen MR) is 111 cm³/mol. The number of carbonyl (C=O) groups excluding carboxylic acids is 2. The third kappa shape index (κ3) is 4.27. The second-order valence-corrected chi connectivity index (χ2v) is 6.68. The molecule has 0 radical (unpaired) electrons. The highest BCUT2D eigenvalue weighted by atomic mass is 16.2. The number of anilines is 1. The van der Waals surface area contributed by atoms with Crippen molar-refractivity contribution < 1.29 is 9.59 Å². The van der Waals surface area contributed by atoms with E-state index in [0.717, 1.165) is 12.8 Å². The lowest BCUT2D eigenvalue weighted by Crippen LogP contribution is -2.33. The number of hydrogen-bond donors (Lipinski definition) is 1. The van der Waals surface area contributed by atoms with Gasteiger partial charge < -0.3 is 10.2 Å². The first-order valence-electron chi connectivity index (χ1n) is 9.66. The molecule has 3 rings (SSSR count). The lowest BCUT2D eigenvalue weighted by Gasteiger charge is -2.20. The molecular weight excluding hydrogens is 366 g/mol. The van der Waals surface area contributed by atoms with Crippen LogP contribution in [0.15, 0.2) is 48.7 Å². The largest absolute Gasteiger partial charge is 0.336 e. The molecule has 7 heteroatoms. The minimum absolute atomic E-state index is 0.186. The normalized spacial score (nSPS) is 10.5. The molecule has 0 spiro atoms. The summed E-state index contributed by atoms with van der Waals surface area (Å²) in [6.07, 6.45) is 3.44. The Morgan fingerprint density at radius 2 is 1.79 bits per heavy atom.